The summed E-state index contributed by atoms with van der Waals surface area (Å²) in [6.45, 7) is 2.40. The standard InChI is InChI=1S/C21H31F3O/c1-20-10-8-17-16-6-3-15(21(22,23)24)12-13(16)2-5-18(17)19(20)7-4-14(20)9-11-25/h11,13-19H,2-10,12H2,1H3/t13-,14?,15?,16+,17?,18-,19?,20-/m1/s1. The third kappa shape index (κ3) is 2.86. The highest BCUT2D eigenvalue weighted by Gasteiger charge is 2.57. The van der Waals surface area contributed by atoms with Crippen LogP contribution in [0.1, 0.15) is 71.1 Å². The predicted octanol–water partition coefficient (Wildman–Crippen LogP) is 6.02. The van der Waals surface area contributed by atoms with E-state index >= 15 is 0 Å². The average molecular weight is 356 g/mol. The van der Waals surface area contributed by atoms with Crippen molar-refractivity contribution in [2.24, 2.45) is 46.8 Å². The van der Waals surface area contributed by atoms with Gasteiger partial charge in [0.2, 0.25) is 0 Å². The highest BCUT2D eigenvalue weighted by atomic mass is 19.4. The van der Waals surface area contributed by atoms with Crippen molar-refractivity contribution in [1.29, 1.82) is 0 Å². The Kier molecular flexibility index (Phi) is 4.47. The highest BCUT2D eigenvalue weighted by Crippen LogP contribution is 2.65. The molecule has 0 spiro atoms. The molecule has 4 aliphatic carbocycles. The second kappa shape index (κ2) is 6.27. The maximum absolute atomic E-state index is 13.1. The zero-order chi connectivity index (χ0) is 17.8. The van der Waals surface area contributed by atoms with Gasteiger partial charge in [0, 0.05) is 6.42 Å². The molecule has 0 saturated heterocycles. The van der Waals surface area contributed by atoms with Crippen molar-refractivity contribution < 1.29 is 18.0 Å². The fraction of sp³-hybridized carbons (Fsp3) is 0.952. The van der Waals surface area contributed by atoms with Crippen molar-refractivity contribution in [3.05, 3.63) is 0 Å². The van der Waals surface area contributed by atoms with Gasteiger partial charge in [-0.3, -0.25) is 0 Å². The molecule has 4 aliphatic rings. The Labute approximate surface area is 149 Å². The summed E-state index contributed by atoms with van der Waals surface area (Å²) in [6, 6.07) is 0. The molecule has 142 valence electrons. The van der Waals surface area contributed by atoms with Crippen LogP contribution in [0, 0.1) is 46.8 Å². The van der Waals surface area contributed by atoms with E-state index in [4.69, 9.17) is 0 Å². The molecule has 0 aromatic carbocycles. The number of carbonyl (C=O) groups excluding carboxylic acids is 1. The zero-order valence-corrected chi connectivity index (χ0v) is 15.2. The smallest absolute Gasteiger partial charge is 0.303 e. The van der Waals surface area contributed by atoms with E-state index in [0.29, 0.717) is 60.2 Å². The molecule has 4 unspecified atom stereocenters. The lowest BCUT2D eigenvalue weighted by molar-refractivity contribution is -0.196. The van der Waals surface area contributed by atoms with Gasteiger partial charge >= 0.3 is 6.18 Å². The molecule has 4 heteroatoms. The third-order valence-corrected chi connectivity index (χ3v) is 8.99. The number of carbonyl (C=O) groups is 1. The largest absolute Gasteiger partial charge is 0.391 e. The Morgan fingerprint density at radius 2 is 1.72 bits per heavy atom. The van der Waals surface area contributed by atoms with Crippen molar-refractivity contribution in [2.45, 2.75) is 77.3 Å². The average Bonchev–Trinajstić information content (AvgIpc) is 2.90. The lowest BCUT2D eigenvalue weighted by Gasteiger charge is -2.56. The maximum Gasteiger partial charge on any atom is 0.391 e. The minimum absolute atomic E-state index is 0.304. The van der Waals surface area contributed by atoms with Gasteiger partial charge in [0.05, 0.1) is 5.92 Å². The molecular weight excluding hydrogens is 325 g/mol. The topological polar surface area (TPSA) is 17.1 Å². The van der Waals surface area contributed by atoms with Crippen molar-refractivity contribution >= 4 is 6.29 Å². The maximum atomic E-state index is 13.1. The highest BCUT2D eigenvalue weighted by molar-refractivity contribution is 5.50. The Hall–Kier alpha value is -0.540. The fourth-order valence-electron chi connectivity index (χ4n) is 7.76. The molecule has 0 heterocycles. The number of alkyl halides is 3. The molecule has 25 heavy (non-hydrogen) atoms. The molecule has 0 amide bonds. The molecule has 0 aromatic heterocycles. The monoisotopic (exact) mass is 356 g/mol. The molecule has 0 aliphatic heterocycles. The van der Waals surface area contributed by atoms with Crippen LogP contribution in [0.5, 0.6) is 0 Å². The van der Waals surface area contributed by atoms with Gasteiger partial charge in [-0.25, -0.2) is 0 Å². The van der Waals surface area contributed by atoms with Crippen LogP contribution in [-0.4, -0.2) is 12.5 Å². The number of fused-ring (bicyclic) bond motifs is 5. The summed E-state index contributed by atoms with van der Waals surface area (Å²) in [5.74, 6) is 2.39. The van der Waals surface area contributed by atoms with Crippen molar-refractivity contribution in [2.75, 3.05) is 0 Å². The molecule has 4 saturated carbocycles. The number of hydrogen-bond donors (Lipinski definition) is 0. The molecular formula is C21H31F3O. The molecule has 4 fully saturated rings. The van der Waals surface area contributed by atoms with E-state index in [1.54, 1.807) is 0 Å². The predicted molar refractivity (Wildman–Crippen MR) is 90.8 cm³/mol. The van der Waals surface area contributed by atoms with Crippen LogP contribution < -0.4 is 0 Å². The van der Waals surface area contributed by atoms with Gasteiger partial charge in [-0.15, -0.1) is 0 Å². The van der Waals surface area contributed by atoms with E-state index < -0.39 is 12.1 Å². The van der Waals surface area contributed by atoms with Crippen LogP contribution in [0.3, 0.4) is 0 Å². The van der Waals surface area contributed by atoms with Crippen molar-refractivity contribution in [3.8, 4) is 0 Å². The first-order valence-corrected chi connectivity index (χ1v) is 10.3. The molecule has 8 atom stereocenters. The van der Waals surface area contributed by atoms with Gasteiger partial charge < -0.3 is 4.79 Å². The van der Waals surface area contributed by atoms with E-state index in [2.05, 4.69) is 6.92 Å². The lowest BCUT2D eigenvalue weighted by atomic mass is 9.49. The van der Waals surface area contributed by atoms with Gasteiger partial charge in [0.1, 0.15) is 6.29 Å². The summed E-state index contributed by atoms with van der Waals surface area (Å²) in [7, 11) is 0. The summed E-state index contributed by atoms with van der Waals surface area (Å²) in [4.78, 5) is 11.1. The summed E-state index contributed by atoms with van der Waals surface area (Å²) >= 11 is 0. The van der Waals surface area contributed by atoms with Gasteiger partial charge in [-0.2, -0.15) is 13.2 Å². The minimum atomic E-state index is -4.00. The SMILES string of the molecule is C[C@]12CCC3[C@@H](CC[C@@H]4CC(C(F)(F)F)CC[C@H]34)C1CCC2CC=O. The van der Waals surface area contributed by atoms with Crippen LogP contribution in [0.15, 0.2) is 0 Å². The van der Waals surface area contributed by atoms with Crippen LogP contribution in [0.25, 0.3) is 0 Å². The van der Waals surface area contributed by atoms with Gasteiger partial charge in [-0.05, 0) is 98.7 Å². The van der Waals surface area contributed by atoms with Crippen molar-refractivity contribution in [3.63, 3.8) is 0 Å². The van der Waals surface area contributed by atoms with Crippen LogP contribution in [-0.2, 0) is 4.79 Å². The molecule has 0 bridgehead atoms. The van der Waals surface area contributed by atoms with Crippen LogP contribution in [0.2, 0.25) is 0 Å². The summed E-state index contributed by atoms with van der Waals surface area (Å²) < 4.78 is 39.4. The molecule has 0 N–H and O–H groups in total. The van der Waals surface area contributed by atoms with Gasteiger partial charge in [0.15, 0.2) is 0 Å². The van der Waals surface area contributed by atoms with E-state index in [1.165, 1.54) is 25.7 Å². The lowest BCUT2D eigenvalue weighted by Crippen LogP contribution is -2.49. The summed E-state index contributed by atoms with van der Waals surface area (Å²) in [5, 5.41) is 0. The summed E-state index contributed by atoms with van der Waals surface area (Å²) in [6.07, 6.45) is 6.23. The fourth-order valence-corrected chi connectivity index (χ4v) is 7.76. The zero-order valence-electron chi connectivity index (χ0n) is 15.2. The Bertz CT molecular complexity index is 516. The van der Waals surface area contributed by atoms with E-state index in [9.17, 15) is 18.0 Å². The number of aldehydes is 1. The number of hydrogen-bond acceptors (Lipinski definition) is 1. The normalized spacial score (nSPS) is 49.8. The Balaban J connectivity index is 1.49. The molecule has 1 nitrogen and oxygen atoms in total. The molecule has 4 rings (SSSR count). The van der Waals surface area contributed by atoms with Crippen LogP contribution in [0.4, 0.5) is 13.2 Å². The van der Waals surface area contributed by atoms with Crippen molar-refractivity contribution in [1.82, 2.24) is 0 Å². The minimum Gasteiger partial charge on any atom is -0.303 e. The number of rotatable bonds is 2. The Morgan fingerprint density at radius 3 is 2.44 bits per heavy atom. The van der Waals surface area contributed by atoms with Gasteiger partial charge in [-0.1, -0.05) is 6.92 Å². The first-order chi connectivity index (χ1) is 11.8. The second-order valence-electron chi connectivity index (χ2n) is 9.71. The van der Waals surface area contributed by atoms with E-state index in [0.717, 1.165) is 25.5 Å². The molecule has 0 aromatic rings. The van der Waals surface area contributed by atoms with E-state index in [-0.39, 0.29) is 0 Å². The second-order valence-corrected chi connectivity index (χ2v) is 9.71. The first-order valence-electron chi connectivity index (χ1n) is 10.3. The first kappa shape index (κ1) is 17.9. The van der Waals surface area contributed by atoms with Crippen LogP contribution >= 0.6 is 0 Å². The molecule has 0 radical (unpaired) electrons. The van der Waals surface area contributed by atoms with E-state index in [1.807, 2.05) is 0 Å². The number of halogens is 3. The third-order valence-electron chi connectivity index (χ3n) is 8.99. The summed E-state index contributed by atoms with van der Waals surface area (Å²) in [5.41, 5.74) is 0.304. The quantitative estimate of drug-likeness (QED) is 0.553. The Morgan fingerprint density at radius 1 is 0.960 bits per heavy atom. The van der Waals surface area contributed by atoms with Gasteiger partial charge in [0.25, 0.3) is 0 Å².